The molecule has 6 heteroatoms. The molecule has 0 saturated heterocycles. The molecule has 0 N–H and O–H groups in total. The fourth-order valence-corrected chi connectivity index (χ4v) is 26.0. The fraction of sp³-hybridized carbons (Fsp3) is 0. The number of aromatic nitrogens is 1. The Morgan fingerprint density at radius 1 is 0.208 bits per heavy atom. The molecule has 1 aromatic heterocycles. The van der Waals surface area contributed by atoms with Crippen LogP contribution >= 0.6 is 0 Å². The summed E-state index contributed by atoms with van der Waals surface area (Å²) in [6.07, 6.45) is 0. The number of nitrogens with zero attached hydrogens (tertiary/aromatic N) is 3. The minimum atomic E-state index is -2.91. The molecule has 3 heterocycles. The van der Waals surface area contributed by atoms with Gasteiger partial charge in [-0.05, 0) is 141 Å². The molecule has 0 unspecified atom stereocenters. The van der Waals surface area contributed by atoms with Gasteiger partial charge in [-0.2, -0.15) is 0 Å². The van der Waals surface area contributed by atoms with Gasteiger partial charge in [-0.15, -0.1) is 0 Å². The van der Waals surface area contributed by atoms with Crippen LogP contribution in [0.5, 0.6) is 0 Å². The van der Waals surface area contributed by atoms with Crippen LogP contribution in [0.15, 0.2) is 388 Å². The van der Waals surface area contributed by atoms with Gasteiger partial charge in [0.1, 0.15) is 0 Å². The van der Waals surface area contributed by atoms with E-state index >= 15 is 0 Å². The number of hydrogen-bond donors (Lipinski definition) is 0. The average Bonchev–Trinajstić information content (AvgIpc) is 0.756. The lowest BCUT2D eigenvalue weighted by molar-refractivity contribution is 1.16. The largest absolute Gasteiger partial charge is 0.311 e. The lowest BCUT2D eigenvalue weighted by Gasteiger charge is -2.46. The summed E-state index contributed by atoms with van der Waals surface area (Å²) < 4.78 is 2.52. The first kappa shape index (κ1) is 56.9. The maximum Gasteiger partial charge on any atom is 0.253 e. The quantitative estimate of drug-likeness (QED) is 0.0842. The minimum Gasteiger partial charge on any atom is -0.311 e. The predicted octanol–water partition coefficient (Wildman–Crippen LogP) is 15.0. The molecule has 2 aliphatic rings. The summed E-state index contributed by atoms with van der Waals surface area (Å²) >= 11 is 0. The van der Waals surface area contributed by atoms with Crippen molar-refractivity contribution in [2.45, 2.75) is 0 Å². The van der Waals surface area contributed by atoms with Crippen molar-refractivity contribution in [3.05, 3.63) is 388 Å². The zero-order valence-electron chi connectivity index (χ0n) is 52.9. The van der Waals surface area contributed by atoms with E-state index in [9.17, 15) is 0 Å². The molecule has 96 heavy (non-hydrogen) atoms. The van der Waals surface area contributed by atoms with E-state index in [2.05, 4.69) is 403 Å². The van der Waals surface area contributed by atoms with Gasteiger partial charge in [-0.1, -0.05) is 328 Å². The van der Waals surface area contributed by atoms with Crippen molar-refractivity contribution >= 4 is 137 Å². The third-order valence-corrected chi connectivity index (χ3v) is 30.1. The Labute approximate surface area is 563 Å². The van der Waals surface area contributed by atoms with Gasteiger partial charge in [0.25, 0.3) is 6.71 Å². The number of benzene rings is 15. The summed E-state index contributed by atoms with van der Waals surface area (Å²) in [6.45, 7) is -0.213. The summed E-state index contributed by atoms with van der Waals surface area (Å²) in [7, 11) is -5.82. The average molecular weight is 1250 g/mol. The molecule has 450 valence electrons. The van der Waals surface area contributed by atoms with E-state index < -0.39 is 16.1 Å². The number of anilines is 6. The first-order valence-electron chi connectivity index (χ1n) is 33.4. The van der Waals surface area contributed by atoms with Crippen LogP contribution in [0.25, 0.3) is 49.7 Å². The third kappa shape index (κ3) is 8.94. The number of hydrogen-bond acceptors (Lipinski definition) is 2. The Morgan fingerprint density at radius 3 is 0.812 bits per heavy atom. The summed E-state index contributed by atoms with van der Waals surface area (Å²) in [5.74, 6) is 0. The van der Waals surface area contributed by atoms with Gasteiger partial charge in [-0.25, -0.2) is 0 Å². The fourth-order valence-electron chi connectivity index (χ4n) is 16.5. The molecule has 0 fully saturated rings. The van der Waals surface area contributed by atoms with E-state index in [1.165, 1.54) is 90.9 Å². The highest BCUT2D eigenvalue weighted by atomic mass is 28.3. The van der Waals surface area contributed by atoms with Crippen molar-refractivity contribution in [3.8, 4) is 27.9 Å². The van der Waals surface area contributed by atoms with Crippen LogP contribution in [0.2, 0.25) is 0 Å². The monoisotopic (exact) mass is 1250 g/mol. The first-order chi connectivity index (χ1) is 47.7. The number of rotatable bonds is 13. The van der Waals surface area contributed by atoms with E-state index in [-0.39, 0.29) is 6.71 Å². The summed E-state index contributed by atoms with van der Waals surface area (Å²) in [4.78, 5) is 5.23. The van der Waals surface area contributed by atoms with Crippen molar-refractivity contribution in [3.63, 3.8) is 0 Å². The molecule has 0 spiro atoms. The van der Waals surface area contributed by atoms with Crippen molar-refractivity contribution in [2.75, 3.05) is 9.80 Å². The lowest BCUT2D eigenvalue weighted by Crippen LogP contribution is -2.74. The van der Waals surface area contributed by atoms with Crippen LogP contribution in [0.1, 0.15) is 0 Å². The van der Waals surface area contributed by atoms with Gasteiger partial charge in [-0.3, -0.25) is 0 Å². The smallest absolute Gasteiger partial charge is 0.253 e. The van der Waals surface area contributed by atoms with Crippen molar-refractivity contribution in [2.24, 2.45) is 0 Å². The van der Waals surface area contributed by atoms with Gasteiger partial charge >= 0.3 is 0 Å². The van der Waals surface area contributed by atoms with Gasteiger partial charge in [0, 0.05) is 44.9 Å². The van der Waals surface area contributed by atoms with E-state index in [0.717, 1.165) is 50.8 Å². The molecular formula is C90H64BN3Si2. The highest BCUT2D eigenvalue weighted by Crippen LogP contribution is 2.48. The minimum absolute atomic E-state index is 0.213. The Balaban J connectivity index is 0.947. The highest BCUT2D eigenvalue weighted by Gasteiger charge is 2.48. The van der Waals surface area contributed by atoms with Gasteiger partial charge in [0.15, 0.2) is 16.1 Å². The molecule has 3 nitrogen and oxygen atoms in total. The molecule has 0 amide bonds. The van der Waals surface area contributed by atoms with Crippen LogP contribution in [-0.2, 0) is 0 Å². The van der Waals surface area contributed by atoms with Crippen molar-refractivity contribution in [1.29, 1.82) is 0 Å². The maximum atomic E-state index is 2.62. The normalized spacial score (nSPS) is 12.5. The molecule has 0 saturated carbocycles. The first-order valence-corrected chi connectivity index (χ1v) is 37.4. The van der Waals surface area contributed by atoms with Gasteiger partial charge in [0.05, 0.1) is 16.7 Å². The van der Waals surface area contributed by atoms with Gasteiger partial charge < -0.3 is 14.4 Å². The Hall–Kier alpha value is -11.8. The Bertz CT molecular complexity index is 4970. The third-order valence-electron chi connectivity index (χ3n) is 20.5. The molecular weight excluding hydrogens is 1190 g/mol. The molecule has 0 bridgehead atoms. The second-order valence-electron chi connectivity index (χ2n) is 25.4. The van der Waals surface area contributed by atoms with E-state index in [4.69, 9.17) is 0 Å². The van der Waals surface area contributed by atoms with Crippen molar-refractivity contribution in [1.82, 2.24) is 4.57 Å². The molecule has 0 radical (unpaired) electrons. The summed E-state index contributed by atoms with van der Waals surface area (Å²) in [5, 5.41) is 13.1. The number of fused-ring (bicyclic) bond motifs is 7. The van der Waals surface area contributed by atoms with Crippen LogP contribution in [0, 0.1) is 0 Å². The molecule has 18 rings (SSSR count). The second-order valence-corrected chi connectivity index (χ2v) is 33.0. The maximum absolute atomic E-state index is 2.91. The molecule has 0 atom stereocenters. The molecule has 16 aromatic rings. The zero-order chi connectivity index (χ0) is 63.6. The zero-order valence-corrected chi connectivity index (χ0v) is 54.9. The molecule has 0 aliphatic carbocycles. The van der Waals surface area contributed by atoms with Gasteiger partial charge in [0.2, 0.25) is 0 Å². The second kappa shape index (κ2) is 23.6. The van der Waals surface area contributed by atoms with Crippen LogP contribution in [0.4, 0.5) is 34.1 Å². The topological polar surface area (TPSA) is 11.4 Å². The Morgan fingerprint density at radius 2 is 0.490 bits per heavy atom. The molecule has 2 aliphatic heterocycles. The van der Waals surface area contributed by atoms with E-state index in [1.54, 1.807) is 0 Å². The summed E-state index contributed by atoms with van der Waals surface area (Å²) in [6, 6.07) is 146. The van der Waals surface area contributed by atoms with Crippen LogP contribution in [0.3, 0.4) is 0 Å². The predicted molar refractivity (Wildman–Crippen MR) is 413 cm³/mol. The van der Waals surface area contributed by atoms with Crippen LogP contribution in [-0.4, -0.2) is 27.4 Å². The highest BCUT2D eigenvalue weighted by molar-refractivity contribution is 7.20. The number of para-hydroxylation sites is 2. The summed E-state index contributed by atoms with van der Waals surface area (Å²) in [5.41, 5.74) is 18.7. The Kier molecular flexibility index (Phi) is 14.0. The SMILES string of the molecule is c1ccc(-c2cccc3c2B2c4c(-c5ccccc5)cccc4N(c4ccc([Si](c5ccccc5)(c5ccccc5)c5ccccc5)cc4)c4cc(-n5c6ccccc6c6ccccc65)cc(c42)N3c2ccc([Si](c3ccccc3)(c3ccccc3)c3ccccc3)cc2)cc1. The van der Waals surface area contributed by atoms with E-state index in [0.29, 0.717) is 0 Å². The lowest BCUT2D eigenvalue weighted by atomic mass is 9.32. The van der Waals surface area contributed by atoms with Crippen LogP contribution < -0.4 is 67.7 Å². The van der Waals surface area contributed by atoms with E-state index in [1.807, 2.05) is 0 Å². The molecule has 15 aromatic carbocycles. The van der Waals surface area contributed by atoms with Crippen molar-refractivity contribution < 1.29 is 0 Å². The standard InChI is InChI=1S/C90H64BN3Si2/c1-9-31-65(32-10-1)78-49-29-53-84-88(78)91-89-79(66-33-11-2-12-34-66)50-30-54-85(89)93(68-57-61-77(62-58-68)96(73-41-19-6-20-42-73,74-43-21-7-22-44-74)75-45-23-8-24-46-75)87-64-69(94-82-51-27-25-47-80(82)81-48-26-28-52-83(81)94)63-86(90(87)91)92(84)67-55-59-76(60-56-67)95(70-35-13-3-14-36-70,71-37-15-4-16-38-71)72-39-17-5-18-40-72/h1-64H.